The number of unbranched alkanes of at least 4 members (excludes halogenated alkanes) is 1. The molecule has 8 nitrogen and oxygen atoms in total. The van der Waals surface area contributed by atoms with Crippen molar-refractivity contribution in [2.75, 3.05) is 45.9 Å². The standard InChI is InChI=1S/C18H29N5O3/c1-2-3-8-19-18(20-9-10-22-11-13-26-14-12-22)21-15-16-4-6-17(7-5-16)23(24)25/h4-7H,2-3,8-15H2,1H3,(H2,19,20,21). The Morgan fingerprint density at radius 1 is 1.23 bits per heavy atom. The number of morpholine rings is 1. The molecule has 0 radical (unpaired) electrons. The molecule has 0 aliphatic carbocycles. The van der Waals surface area contributed by atoms with Gasteiger partial charge in [-0.05, 0) is 12.0 Å². The second-order valence-corrected chi connectivity index (χ2v) is 6.25. The molecule has 0 bridgehead atoms. The maximum Gasteiger partial charge on any atom is 0.269 e. The molecule has 0 unspecified atom stereocenters. The number of ether oxygens (including phenoxy) is 1. The number of benzene rings is 1. The molecule has 8 heteroatoms. The molecule has 1 heterocycles. The van der Waals surface area contributed by atoms with Gasteiger partial charge < -0.3 is 15.4 Å². The van der Waals surface area contributed by atoms with E-state index in [1.807, 2.05) is 0 Å². The summed E-state index contributed by atoms with van der Waals surface area (Å²) in [6.07, 6.45) is 2.21. The summed E-state index contributed by atoms with van der Waals surface area (Å²) in [5.41, 5.74) is 1.04. The average Bonchev–Trinajstić information content (AvgIpc) is 2.67. The summed E-state index contributed by atoms with van der Waals surface area (Å²) < 4.78 is 5.36. The lowest BCUT2D eigenvalue weighted by molar-refractivity contribution is -0.384. The summed E-state index contributed by atoms with van der Waals surface area (Å²) >= 11 is 0. The summed E-state index contributed by atoms with van der Waals surface area (Å²) in [6.45, 7) is 8.83. The highest BCUT2D eigenvalue weighted by molar-refractivity contribution is 5.79. The smallest absolute Gasteiger partial charge is 0.269 e. The van der Waals surface area contributed by atoms with Gasteiger partial charge in [0, 0.05) is 44.9 Å². The summed E-state index contributed by atoms with van der Waals surface area (Å²) in [7, 11) is 0. The van der Waals surface area contributed by atoms with Gasteiger partial charge in [-0.2, -0.15) is 0 Å². The van der Waals surface area contributed by atoms with E-state index < -0.39 is 4.92 Å². The molecule has 26 heavy (non-hydrogen) atoms. The number of nitrogens with zero attached hydrogens (tertiary/aromatic N) is 3. The Morgan fingerprint density at radius 3 is 2.58 bits per heavy atom. The number of nitrogens with one attached hydrogen (secondary N) is 2. The lowest BCUT2D eigenvalue weighted by Crippen LogP contribution is -2.44. The molecule has 0 spiro atoms. The highest BCUT2D eigenvalue weighted by Gasteiger charge is 2.10. The molecule has 1 aromatic rings. The van der Waals surface area contributed by atoms with E-state index in [9.17, 15) is 10.1 Å². The normalized spacial score (nSPS) is 15.7. The molecule has 2 N–H and O–H groups in total. The molecular weight excluding hydrogens is 334 g/mol. The van der Waals surface area contributed by atoms with Crippen molar-refractivity contribution in [2.45, 2.75) is 26.3 Å². The third kappa shape index (κ3) is 7.37. The highest BCUT2D eigenvalue weighted by atomic mass is 16.6. The molecule has 1 aliphatic rings. The van der Waals surface area contributed by atoms with Crippen LogP contribution in [0.1, 0.15) is 25.3 Å². The average molecular weight is 363 g/mol. The number of hydrogen-bond acceptors (Lipinski definition) is 5. The van der Waals surface area contributed by atoms with Crippen molar-refractivity contribution < 1.29 is 9.66 Å². The minimum absolute atomic E-state index is 0.0997. The highest BCUT2D eigenvalue weighted by Crippen LogP contribution is 2.12. The zero-order valence-corrected chi connectivity index (χ0v) is 15.4. The van der Waals surface area contributed by atoms with Crippen molar-refractivity contribution in [3.8, 4) is 0 Å². The molecule has 0 amide bonds. The monoisotopic (exact) mass is 363 g/mol. The SMILES string of the molecule is CCCCNC(=NCc1ccc([N+](=O)[O-])cc1)NCCN1CCOCC1. The molecule has 1 aliphatic heterocycles. The predicted octanol–water partition coefficient (Wildman–Crippen LogP) is 1.76. The van der Waals surface area contributed by atoms with Crippen LogP contribution in [0.15, 0.2) is 29.3 Å². The summed E-state index contributed by atoms with van der Waals surface area (Å²) in [6, 6.07) is 6.53. The third-order valence-corrected chi connectivity index (χ3v) is 4.21. The molecule has 0 saturated carbocycles. The molecule has 0 atom stereocenters. The van der Waals surface area contributed by atoms with Gasteiger partial charge in [-0.15, -0.1) is 0 Å². The summed E-state index contributed by atoms with van der Waals surface area (Å²) in [5, 5.41) is 17.4. The van der Waals surface area contributed by atoms with Gasteiger partial charge in [-0.25, -0.2) is 4.99 Å². The first-order valence-corrected chi connectivity index (χ1v) is 9.24. The number of nitro groups is 1. The Bertz CT molecular complexity index is 571. The van der Waals surface area contributed by atoms with E-state index in [4.69, 9.17) is 4.74 Å². The van der Waals surface area contributed by atoms with Crippen molar-refractivity contribution in [1.29, 1.82) is 0 Å². The van der Waals surface area contributed by atoms with Gasteiger partial charge in [-0.3, -0.25) is 15.0 Å². The van der Waals surface area contributed by atoms with Crippen molar-refractivity contribution in [1.82, 2.24) is 15.5 Å². The van der Waals surface area contributed by atoms with Gasteiger partial charge >= 0.3 is 0 Å². The fraction of sp³-hybridized carbons (Fsp3) is 0.611. The van der Waals surface area contributed by atoms with Gasteiger partial charge in [-0.1, -0.05) is 25.5 Å². The van der Waals surface area contributed by atoms with E-state index in [-0.39, 0.29) is 5.69 Å². The van der Waals surface area contributed by atoms with E-state index in [0.717, 1.165) is 70.3 Å². The number of non-ortho nitro benzene ring substituents is 1. The van der Waals surface area contributed by atoms with Crippen LogP contribution in [-0.4, -0.2) is 61.7 Å². The van der Waals surface area contributed by atoms with Gasteiger partial charge in [0.25, 0.3) is 5.69 Å². The maximum atomic E-state index is 10.7. The van der Waals surface area contributed by atoms with Crippen LogP contribution >= 0.6 is 0 Å². The third-order valence-electron chi connectivity index (χ3n) is 4.21. The van der Waals surface area contributed by atoms with Crippen molar-refractivity contribution in [2.24, 2.45) is 4.99 Å². The summed E-state index contributed by atoms with van der Waals surface area (Å²) in [5.74, 6) is 0.782. The fourth-order valence-electron chi connectivity index (χ4n) is 2.61. The molecule has 2 rings (SSSR count). The van der Waals surface area contributed by atoms with Crippen molar-refractivity contribution >= 4 is 11.6 Å². The van der Waals surface area contributed by atoms with Gasteiger partial charge in [0.2, 0.25) is 0 Å². The molecule has 1 saturated heterocycles. The number of hydrogen-bond donors (Lipinski definition) is 2. The van der Waals surface area contributed by atoms with Gasteiger partial charge in [0.05, 0.1) is 24.7 Å². The minimum Gasteiger partial charge on any atom is -0.379 e. The number of aliphatic imine (C=N–C) groups is 1. The zero-order chi connectivity index (χ0) is 18.6. The Balaban J connectivity index is 1.84. The maximum absolute atomic E-state index is 10.7. The van der Waals surface area contributed by atoms with Gasteiger partial charge in [0.1, 0.15) is 0 Å². The van der Waals surface area contributed by atoms with Crippen LogP contribution < -0.4 is 10.6 Å². The lowest BCUT2D eigenvalue weighted by atomic mass is 10.2. The number of rotatable bonds is 9. The van der Waals surface area contributed by atoms with Crippen LogP contribution in [0.4, 0.5) is 5.69 Å². The first kappa shape index (κ1) is 20.1. The predicted molar refractivity (Wildman–Crippen MR) is 102 cm³/mol. The topological polar surface area (TPSA) is 92.0 Å². The Hall–Kier alpha value is -2.19. The van der Waals surface area contributed by atoms with Crippen LogP contribution in [0.25, 0.3) is 0 Å². The first-order valence-electron chi connectivity index (χ1n) is 9.24. The van der Waals surface area contributed by atoms with E-state index in [1.165, 1.54) is 12.1 Å². The van der Waals surface area contributed by atoms with Crippen molar-refractivity contribution in [3.05, 3.63) is 39.9 Å². The Morgan fingerprint density at radius 2 is 1.92 bits per heavy atom. The zero-order valence-electron chi connectivity index (χ0n) is 15.4. The van der Waals surface area contributed by atoms with Crippen LogP contribution in [0.5, 0.6) is 0 Å². The van der Waals surface area contributed by atoms with Crippen molar-refractivity contribution in [3.63, 3.8) is 0 Å². The molecule has 1 aromatic carbocycles. The van der Waals surface area contributed by atoms with Crippen LogP contribution in [0.2, 0.25) is 0 Å². The van der Waals surface area contributed by atoms with E-state index in [0.29, 0.717) is 6.54 Å². The van der Waals surface area contributed by atoms with Crippen LogP contribution in [0, 0.1) is 10.1 Å². The Kier molecular flexibility index (Phi) is 8.85. The lowest BCUT2D eigenvalue weighted by Gasteiger charge is -2.26. The van der Waals surface area contributed by atoms with E-state index >= 15 is 0 Å². The van der Waals surface area contributed by atoms with Gasteiger partial charge in [0.15, 0.2) is 5.96 Å². The minimum atomic E-state index is -0.391. The van der Waals surface area contributed by atoms with Crippen LogP contribution in [0.3, 0.4) is 0 Å². The van der Waals surface area contributed by atoms with Crippen LogP contribution in [-0.2, 0) is 11.3 Å². The molecule has 0 aromatic heterocycles. The second-order valence-electron chi connectivity index (χ2n) is 6.25. The number of nitro benzene ring substituents is 1. The first-order chi connectivity index (χ1) is 12.7. The Labute approximate surface area is 154 Å². The molecule has 144 valence electrons. The quantitative estimate of drug-likeness (QED) is 0.228. The van der Waals surface area contributed by atoms with E-state index in [1.54, 1.807) is 12.1 Å². The largest absolute Gasteiger partial charge is 0.379 e. The van der Waals surface area contributed by atoms with E-state index in [2.05, 4.69) is 27.4 Å². The fourth-order valence-corrected chi connectivity index (χ4v) is 2.61. The molecular formula is C18H29N5O3. The second kappa shape index (κ2) is 11.4. The summed E-state index contributed by atoms with van der Waals surface area (Å²) in [4.78, 5) is 17.3. The number of guanidine groups is 1. The molecule has 1 fully saturated rings.